The van der Waals surface area contributed by atoms with Crippen LogP contribution in [0.25, 0.3) is 0 Å². The minimum Gasteiger partial charge on any atom is -0.374 e. The molecule has 1 heterocycles. The van der Waals surface area contributed by atoms with E-state index < -0.39 is 0 Å². The SMILES string of the molecule is CCCC(OC)c1nc(=S)cc(C2CC2)[nH]1. The molecule has 0 amide bonds. The molecule has 88 valence electrons. The number of nitrogens with zero attached hydrogens (tertiary/aromatic N) is 1. The average molecular weight is 238 g/mol. The van der Waals surface area contributed by atoms with Crippen LogP contribution in [-0.4, -0.2) is 17.1 Å². The van der Waals surface area contributed by atoms with Gasteiger partial charge < -0.3 is 9.72 Å². The van der Waals surface area contributed by atoms with Crippen LogP contribution in [0.15, 0.2) is 6.07 Å². The zero-order valence-electron chi connectivity index (χ0n) is 9.82. The van der Waals surface area contributed by atoms with Crippen LogP contribution < -0.4 is 0 Å². The molecule has 3 nitrogen and oxygen atoms in total. The lowest BCUT2D eigenvalue weighted by Gasteiger charge is -2.14. The van der Waals surface area contributed by atoms with E-state index in [9.17, 15) is 0 Å². The Hall–Kier alpha value is -0.740. The van der Waals surface area contributed by atoms with E-state index in [1.54, 1.807) is 7.11 Å². The summed E-state index contributed by atoms with van der Waals surface area (Å²) in [6, 6.07) is 1.98. The van der Waals surface area contributed by atoms with Crippen LogP contribution in [0.1, 0.15) is 56.1 Å². The van der Waals surface area contributed by atoms with Gasteiger partial charge in [0.15, 0.2) is 0 Å². The molecular formula is C12H18N2OS. The Labute approximate surface area is 101 Å². The Morgan fingerprint density at radius 2 is 2.38 bits per heavy atom. The van der Waals surface area contributed by atoms with Gasteiger partial charge in [0.25, 0.3) is 0 Å². The summed E-state index contributed by atoms with van der Waals surface area (Å²) < 4.78 is 6.12. The molecule has 0 bridgehead atoms. The van der Waals surface area contributed by atoms with E-state index >= 15 is 0 Å². The van der Waals surface area contributed by atoms with Crippen LogP contribution in [0.4, 0.5) is 0 Å². The number of hydrogen-bond donors (Lipinski definition) is 1. The number of aromatic amines is 1. The minimum absolute atomic E-state index is 0.0467. The summed E-state index contributed by atoms with van der Waals surface area (Å²) >= 11 is 5.20. The number of hydrogen-bond acceptors (Lipinski definition) is 3. The van der Waals surface area contributed by atoms with Crippen LogP contribution in [-0.2, 0) is 4.74 Å². The standard InChI is InChI=1S/C12H18N2OS/c1-3-4-10(15-2)12-13-9(8-5-6-8)7-11(16)14-12/h7-8,10H,3-6H2,1-2H3,(H,13,14,16). The molecule has 1 saturated carbocycles. The summed E-state index contributed by atoms with van der Waals surface area (Å²) in [6.07, 6.45) is 4.63. The first-order chi connectivity index (χ1) is 7.74. The summed E-state index contributed by atoms with van der Waals surface area (Å²) in [5.74, 6) is 1.56. The van der Waals surface area contributed by atoms with Crippen LogP contribution in [0, 0.1) is 4.64 Å². The predicted octanol–water partition coefficient (Wildman–Crippen LogP) is 3.50. The van der Waals surface area contributed by atoms with Crippen molar-refractivity contribution in [1.82, 2.24) is 9.97 Å². The van der Waals surface area contributed by atoms with Crippen LogP contribution >= 0.6 is 12.2 Å². The van der Waals surface area contributed by atoms with Crippen molar-refractivity contribution >= 4 is 12.2 Å². The summed E-state index contributed by atoms with van der Waals surface area (Å²) in [5, 5.41) is 0. The van der Waals surface area contributed by atoms with Crippen molar-refractivity contribution < 1.29 is 4.74 Å². The van der Waals surface area contributed by atoms with Gasteiger partial charge in [0.1, 0.15) is 16.6 Å². The molecule has 1 aliphatic rings. The van der Waals surface area contributed by atoms with Crippen molar-refractivity contribution in [2.75, 3.05) is 7.11 Å². The minimum atomic E-state index is 0.0467. The van der Waals surface area contributed by atoms with Gasteiger partial charge >= 0.3 is 0 Å². The zero-order chi connectivity index (χ0) is 11.5. The first kappa shape index (κ1) is 11.7. The van der Waals surface area contributed by atoms with Gasteiger partial charge in [0.05, 0.1) is 0 Å². The second-order valence-corrected chi connectivity index (χ2v) is 4.77. The average Bonchev–Trinajstić information content (AvgIpc) is 3.08. The molecule has 2 rings (SSSR count). The van der Waals surface area contributed by atoms with E-state index in [0.717, 1.165) is 18.7 Å². The molecular weight excluding hydrogens is 220 g/mol. The molecule has 0 radical (unpaired) electrons. The summed E-state index contributed by atoms with van der Waals surface area (Å²) in [7, 11) is 1.72. The van der Waals surface area contributed by atoms with Crippen molar-refractivity contribution in [3.63, 3.8) is 0 Å². The maximum absolute atomic E-state index is 5.45. The van der Waals surface area contributed by atoms with Gasteiger partial charge in [-0.15, -0.1) is 0 Å². The molecule has 1 fully saturated rings. The molecule has 16 heavy (non-hydrogen) atoms. The predicted molar refractivity (Wildman–Crippen MR) is 66.1 cm³/mol. The number of aromatic nitrogens is 2. The van der Waals surface area contributed by atoms with Crippen molar-refractivity contribution in [1.29, 1.82) is 0 Å². The van der Waals surface area contributed by atoms with E-state index in [1.807, 2.05) is 6.07 Å². The van der Waals surface area contributed by atoms with E-state index in [4.69, 9.17) is 17.0 Å². The third-order valence-electron chi connectivity index (χ3n) is 2.94. The van der Waals surface area contributed by atoms with Crippen LogP contribution in [0.5, 0.6) is 0 Å². The van der Waals surface area contributed by atoms with Crippen LogP contribution in [0.2, 0.25) is 0 Å². The van der Waals surface area contributed by atoms with Gasteiger partial charge in [-0.2, -0.15) is 0 Å². The molecule has 0 aliphatic heterocycles. The lowest BCUT2D eigenvalue weighted by atomic mass is 10.2. The summed E-state index contributed by atoms with van der Waals surface area (Å²) in [4.78, 5) is 7.75. The monoisotopic (exact) mass is 238 g/mol. The third-order valence-corrected chi connectivity index (χ3v) is 3.15. The molecule has 1 unspecified atom stereocenters. The molecule has 1 atom stereocenters. The number of H-pyrrole nitrogens is 1. The maximum Gasteiger partial charge on any atom is 0.137 e. The summed E-state index contributed by atoms with van der Waals surface area (Å²) in [5.41, 5.74) is 1.23. The highest BCUT2D eigenvalue weighted by Crippen LogP contribution is 2.39. The first-order valence-electron chi connectivity index (χ1n) is 5.88. The lowest BCUT2D eigenvalue weighted by Crippen LogP contribution is -2.08. The van der Waals surface area contributed by atoms with Crippen molar-refractivity contribution in [2.24, 2.45) is 0 Å². The molecule has 0 spiro atoms. The van der Waals surface area contributed by atoms with Gasteiger partial charge in [-0.3, -0.25) is 0 Å². The molecule has 1 aromatic rings. The highest BCUT2D eigenvalue weighted by molar-refractivity contribution is 7.71. The zero-order valence-corrected chi connectivity index (χ0v) is 10.6. The molecule has 0 saturated heterocycles. The van der Waals surface area contributed by atoms with Gasteiger partial charge in [0, 0.05) is 12.8 Å². The van der Waals surface area contributed by atoms with Crippen LogP contribution in [0.3, 0.4) is 0 Å². The Kier molecular flexibility index (Phi) is 3.71. The van der Waals surface area contributed by atoms with E-state index in [-0.39, 0.29) is 6.10 Å². The summed E-state index contributed by atoms with van der Waals surface area (Å²) in [6.45, 7) is 2.14. The fourth-order valence-electron chi connectivity index (χ4n) is 1.89. The molecule has 0 aromatic carbocycles. The van der Waals surface area contributed by atoms with Gasteiger partial charge in [0.2, 0.25) is 0 Å². The maximum atomic E-state index is 5.45. The smallest absolute Gasteiger partial charge is 0.137 e. The number of methoxy groups -OCH3 is 1. The quantitative estimate of drug-likeness (QED) is 0.798. The number of rotatable bonds is 5. The fourth-order valence-corrected chi connectivity index (χ4v) is 2.12. The van der Waals surface area contributed by atoms with Gasteiger partial charge in [-0.1, -0.05) is 25.6 Å². The first-order valence-corrected chi connectivity index (χ1v) is 6.29. The second kappa shape index (κ2) is 5.06. The highest BCUT2D eigenvalue weighted by atomic mass is 32.1. The Balaban J connectivity index is 2.27. The molecule has 1 aromatic heterocycles. The Bertz CT molecular complexity index is 412. The topological polar surface area (TPSA) is 37.9 Å². The highest BCUT2D eigenvalue weighted by Gasteiger charge is 2.25. The van der Waals surface area contributed by atoms with E-state index in [1.165, 1.54) is 18.5 Å². The third kappa shape index (κ3) is 2.68. The van der Waals surface area contributed by atoms with Gasteiger partial charge in [-0.25, -0.2) is 4.98 Å². The molecule has 4 heteroatoms. The number of nitrogens with one attached hydrogen (secondary N) is 1. The fraction of sp³-hybridized carbons (Fsp3) is 0.667. The Morgan fingerprint density at radius 3 is 2.94 bits per heavy atom. The van der Waals surface area contributed by atoms with E-state index in [0.29, 0.717) is 10.6 Å². The number of ether oxygens (including phenoxy) is 1. The van der Waals surface area contributed by atoms with E-state index in [2.05, 4.69) is 16.9 Å². The van der Waals surface area contributed by atoms with Crippen molar-refractivity contribution in [2.45, 2.75) is 44.6 Å². The van der Waals surface area contributed by atoms with Gasteiger partial charge in [-0.05, 0) is 31.2 Å². The molecule has 1 aliphatic carbocycles. The lowest BCUT2D eigenvalue weighted by molar-refractivity contribution is 0.0873. The Morgan fingerprint density at radius 1 is 1.62 bits per heavy atom. The van der Waals surface area contributed by atoms with Crippen molar-refractivity contribution in [3.8, 4) is 0 Å². The van der Waals surface area contributed by atoms with Crippen molar-refractivity contribution in [3.05, 3.63) is 22.2 Å². The largest absolute Gasteiger partial charge is 0.374 e. The second-order valence-electron chi connectivity index (χ2n) is 4.35. The molecule has 1 N–H and O–H groups in total. The normalized spacial score (nSPS) is 17.4.